The summed E-state index contributed by atoms with van der Waals surface area (Å²) in [5, 5.41) is 0.189. The fourth-order valence-corrected chi connectivity index (χ4v) is 2.33. The first kappa shape index (κ1) is 15.2. The van der Waals surface area contributed by atoms with Crippen molar-refractivity contribution in [1.29, 1.82) is 0 Å². The standard InChI is InChI=1S/C16H15ClN2O2/c1-4-11(14-8-9-18-16(17)19-14)12-6-5-7-13(10(12)2)15(20)21-3/h4-9H,1-3H3/b11-4+. The fourth-order valence-electron chi connectivity index (χ4n) is 2.18. The van der Waals surface area contributed by atoms with Crippen LogP contribution in [-0.2, 0) is 4.74 Å². The minimum atomic E-state index is -0.356. The van der Waals surface area contributed by atoms with Gasteiger partial charge in [0.1, 0.15) is 0 Å². The molecular weight excluding hydrogens is 288 g/mol. The summed E-state index contributed by atoms with van der Waals surface area (Å²) >= 11 is 5.85. The molecule has 1 heterocycles. The molecule has 108 valence electrons. The third-order valence-electron chi connectivity index (χ3n) is 3.22. The van der Waals surface area contributed by atoms with E-state index in [4.69, 9.17) is 16.3 Å². The van der Waals surface area contributed by atoms with E-state index in [0.717, 1.165) is 16.7 Å². The largest absolute Gasteiger partial charge is 0.465 e. The Morgan fingerprint density at radius 1 is 1.29 bits per heavy atom. The lowest BCUT2D eigenvalue weighted by atomic mass is 9.94. The van der Waals surface area contributed by atoms with E-state index in [1.165, 1.54) is 7.11 Å². The van der Waals surface area contributed by atoms with Gasteiger partial charge in [-0.1, -0.05) is 18.2 Å². The normalized spacial score (nSPS) is 11.3. The molecule has 0 unspecified atom stereocenters. The van der Waals surface area contributed by atoms with E-state index in [1.54, 1.807) is 18.3 Å². The Kier molecular flexibility index (Phi) is 4.70. The highest BCUT2D eigenvalue weighted by Crippen LogP contribution is 2.27. The predicted octanol–water partition coefficient (Wildman–Crippen LogP) is 3.68. The number of esters is 1. The first-order valence-corrected chi connectivity index (χ1v) is 6.79. The van der Waals surface area contributed by atoms with E-state index in [9.17, 15) is 4.79 Å². The molecule has 0 aliphatic rings. The van der Waals surface area contributed by atoms with E-state index in [0.29, 0.717) is 11.3 Å². The summed E-state index contributed by atoms with van der Waals surface area (Å²) in [7, 11) is 1.37. The van der Waals surface area contributed by atoms with E-state index in [2.05, 4.69) is 9.97 Å². The Morgan fingerprint density at radius 3 is 2.62 bits per heavy atom. The lowest BCUT2D eigenvalue weighted by Gasteiger charge is -2.13. The van der Waals surface area contributed by atoms with Crippen LogP contribution in [0.2, 0.25) is 5.28 Å². The maximum Gasteiger partial charge on any atom is 0.338 e. The van der Waals surface area contributed by atoms with Crippen LogP contribution in [0.1, 0.15) is 34.1 Å². The average Bonchev–Trinajstić information content (AvgIpc) is 2.49. The van der Waals surface area contributed by atoms with Gasteiger partial charge in [-0.05, 0) is 48.7 Å². The number of aromatic nitrogens is 2. The molecule has 0 aliphatic carbocycles. The van der Waals surface area contributed by atoms with Crippen molar-refractivity contribution in [3.05, 3.63) is 64.2 Å². The Labute approximate surface area is 128 Å². The third-order valence-corrected chi connectivity index (χ3v) is 3.40. The molecule has 5 heteroatoms. The molecular formula is C16H15ClN2O2. The van der Waals surface area contributed by atoms with Crippen molar-refractivity contribution in [3.8, 4) is 0 Å². The van der Waals surface area contributed by atoms with Crippen molar-refractivity contribution in [1.82, 2.24) is 9.97 Å². The van der Waals surface area contributed by atoms with Gasteiger partial charge in [0.15, 0.2) is 0 Å². The Bertz CT molecular complexity index is 711. The van der Waals surface area contributed by atoms with Gasteiger partial charge in [0.05, 0.1) is 18.4 Å². The zero-order valence-electron chi connectivity index (χ0n) is 12.1. The van der Waals surface area contributed by atoms with Gasteiger partial charge < -0.3 is 4.74 Å². The molecule has 21 heavy (non-hydrogen) atoms. The van der Waals surface area contributed by atoms with Crippen molar-refractivity contribution in [2.45, 2.75) is 13.8 Å². The van der Waals surface area contributed by atoms with Gasteiger partial charge in [0.25, 0.3) is 0 Å². The average molecular weight is 303 g/mol. The van der Waals surface area contributed by atoms with Crippen LogP contribution in [0.15, 0.2) is 36.5 Å². The van der Waals surface area contributed by atoms with Gasteiger partial charge in [-0.2, -0.15) is 0 Å². The van der Waals surface area contributed by atoms with Gasteiger partial charge in [-0.3, -0.25) is 0 Å². The Balaban J connectivity index is 2.57. The van der Waals surface area contributed by atoms with Crippen LogP contribution in [0.5, 0.6) is 0 Å². The summed E-state index contributed by atoms with van der Waals surface area (Å²) in [5.74, 6) is -0.356. The topological polar surface area (TPSA) is 52.1 Å². The number of methoxy groups -OCH3 is 1. The minimum absolute atomic E-state index is 0.189. The molecule has 0 spiro atoms. The number of nitrogens with zero attached hydrogens (tertiary/aromatic N) is 2. The molecule has 0 N–H and O–H groups in total. The number of carbonyl (C=O) groups is 1. The SMILES string of the molecule is C/C=C(/c1ccnc(Cl)n1)c1cccc(C(=O)OC)c1C. The molecule has 0 atom stereocenters. The van der Waals surface area contributed by atoms with Crippen molar-refractivity contribution in [2.24, 2.45) is 0 Å². The lowest BCUT2D eigenvalue weighted by molar-refractivity contribution is 0.0600. The highest BCUT2D eigenvalue weighted by Gasteiger charge is 2.15. The second kappa shape index (κ2) is 6.50. The fraction of sp³-hybridized carbons (Fsp3) is 0.188. The summed E-state index contributed by atoms with van der Waals surface area (Å²) < 4.78 is 4.81. The second-order valence-corrected chi connectivity index (χ2v) is 4.72. The summed E-state index contributed by atoms with van der Waals surface area (Å²) in [6, 6.07) is 7.28. The van der Waals surface area contributed by atoms with Crippen LogP contribution in [-0.4, -0.2) is 23.0 Å². The Morgan fingerprint density at radius 2 is 2.00 bits per heavy atom. The van der Waals surface area contributed by atoms with E-state index in [1.807, 2.05) is 32.1 Å². The summed E-state index contributed by atoms with van der Waals surface area (Å²) in [6.07, 6.45) is 3.54. The number of hydrogen-bond acceptors (Lipinski definition) is 4. The van der Waals surface area contributed by atoms with Gasteiger partial charge >= 0.3 is 5.97 Å². The smallest absolute Gasteiger partial charge is 0.338 e. The van der Waals surface area contributed by atoms with Crippen LogP contribution >= 0.6 is 11.6 Å². The van der Waals surface area contributed by atoms with Gasteiger partial charge in [-0.25, -0.2) is 14.8 Å². The summed E-state index contributed by atoms with van der Waals surface area (Å²) in [5.41, 5.74) is 3.89. The minimum Gasteiger partial charge on any atom is -0.465 e. The molecule has 2 aromatic rings. The first-order chi connectivity index (χ1) is 10.1. The molecule has 0 radical (unpaired) electrons. The first-order valence-electron chi connectivity index (χ1n) is 6.42. The molecule has 0 amide bonds. The van der Waals surface area contributed by atoms with Crippen molar-refractivity contribution >= 4 is 23.1 Å². The monoisotopic (exact) mass is 302 g/mol. The molecule has 0 aliphatic heterocycles. The summed E-state index contributed by atoms with van der Waals surface area (Å²) in [4.78, 5) is 19.9. The number of hydrogen-bond donors (Lipinski definition) is 0. The number of ether oxygens (including phenoxy) is 1. The number of benzene rings is 1. The zero-order valence-corrected chi connectivity index (χ0v) is 12.8. The van der Waals surface area contributed by atoms with Crippen LogP contribution < -0.4 is 0 Å². The highest BCUT2D eigenvalue weighted by atomic mass is 35.5. The van der Waals surface area contributed by atoms with E-state index < -0.39 is 0 Å². The Hall–Kier alpha value is -2.20. The van der Waals surface area contributed by atoms with Crippen LogP contribution in [0, 0.1) is 6.92 Å². The predicted molar refractivity (Wildman–Crippen MR) is 82.3 cm³/mol. The van der Waals surface area contributed by atoms with E-state index >= 15 is 0 Å². The van der Waals surface area contributed by atoms with Gasteiger partial charge in [0, 0.05) is 11.8 Å². The van der Waals surface area contributed by atoms with Crippen molar-refractivity contribution in [2.75, 3.05) is 7.11 Å². The quantitative estimate of drug-likeness (QED) is 0.641. The molecule has 0 saturated carbocycles. The number of halogens is 1. The number of rotatable bonds is 3. The molecule has 0 saturated heterocycles. The van der Waals surface area contributed by atoms with Crippen molar-refractivity contribution in [3.63, 3.8) is 0 Å². The molecule has 1 aromatic carbocycles. The van der Waals surface area contributed by atoms with E-state index in [-0.39, 0.29) is 11.3 Å². The van der Waals surface area contributed by atoms with Gasteiger partial charge in [-0.15, -0.1) is 0 Å². The zero-order chi connectivity index (χ0) is 15.4. The van der Waals surface area contributed by atoms with Crippen LogP contribution in [0.4, 0.5) is 0 Å². The molecule has 4 nitrogen and oxygen atoms in total. The van der Waals surface area contributed by atoms with Crippen molar-refractivity contribution < 1.29 is 9.53 Å². The highest BCUT2D eigenvalue weighted by molar-refractivity contribution is 6.28. The summed E-state index contributed by atoms with van der Waals surface area (Å²) in [6.45, 7) is 3.80. The molecule has 2 rings (SSSR count). The third kappa shape index (κ3) is 3.11. The lowest BCUT2D eigenvalue weighted by Crippen LogP contribution is -2.06. The van der Waals surface area contributed by atoms with Crippen LogP contribution in [0.3, 0.4) is 0 Å². The van der Waals surface area contributed by atoms with Crippen LogP contribution in [0.25, 0.3) is 5.57 Å². The van der Waals surface area contributed by atoms with Gasteiger partial charge in [0.2, 0.25) is 5.28 Å². The number of allylic oxidation sites excluding steroid dienone is 1. The molecule has 0 fully saturated rings. The molecule has 1 aromatic heterocycles. The molecule has 0 bridgehead atoms. The maximum absolute atomic E-state index is 11.8. The maximum atomic E-state index is 11.8. The second-order valence-electron chi connectivity index (χ2n) is 4.38. The number of carbonyl (C=O) groups excluding carboxylic acids is 1.